The molecule has 21 heavy (non-hydrogen) atoms. The lowest BCUT2D eigenvalue weighted by Gasteiger charge is -2.43. The maximum atomic E-state index is 9.78. The highest BCUT2D eigenvalue weighted by Crippen LogP contribution is 2.38. The van der Waals surface area contributed by atoms with Gasteiger partial charge in [-0.3, -0.25) is 4.90 Å². The Kier molecular flexibility index (Phi) is 6.63. The highest BCUT2D eigenvalue weighted by molar-refractivity contribution is 5.85. The molecule has 1 aromatic rings. The molecule has 0 spiro atoms. The Hall–Kier alpha value is -1.12. The predicted octanol–water partition coefficient (Wildman–Crippen LogP) is 1.94. The van der Waals surface area contributed by atoms with E-state index in [1.54, 1.807) is 0 Å². The highest BCUT2D eigenvalue weighted by atomic mass is 35.5. The lowest BCUT2D eigenvalue weighted by atomic mass is 9.79. The SMILES string of the molecule is CC(C)(CO)[C@@H](c1cccc(C#N)c1)N1CCNCC1.Cl. The van der Waals surface area contributed by atoms with Crippen LogP contribution in [0.2, 0.25) is 0 Å². The Labute approximate surface area is 133 Å². The molecular weight excluding hydrogens is 286 g/mol. The molecule has 4 nitrogen and oxygen atoms in total. The van der Waals surface area contributed by atoms with Gasteiger partial charge in [-0.25, -0.2) is 0 Å². The Morgan fingerprint density at radius 3 is 2.62 bits per heavy atom. The minimum Gasteiger partial charge on any atom is -0.396 e. The zero-order valence-corrected chi connectivity index (χ0v) is 13.5. The predicted molar refractivity (Wildman–Crippen MR) is 86.5 cm³/mol. The summed E-state index contributed by atoms with van der Waals surface area (Å²) in [7, 11) is 0. The third-order valence-corrected chi connectivity index (χ3v) is 4.00. The maximum absolute atomic E-state index is 9.78. The van der Waals surface area contributed by atoms with E-state index < -0.39 is 0 Å². The number of nitrogens with zero attached hydrogens (tertiary/aromatic N) is 2. The molecule has 0 aliphatic carbocycles. The molecule has 0 aromatic heterocycles. The van der Waals surface area contributed by atoms with Crippen LogP contribution in [-0.2, 0) is 0 Å². The van der Waals surface area contributed by atoms with Crippen molar-refractivity contribution >= 4 is 12.4 Å². The monoisotopic (exact) mass is 309 g/mol. The van der Waals surface area contributed by atoms with Gasteiger partial charge in [0.15, 0.2) is 0 Å². The van der Waals surface area contributed by atoms with E-state index in [9.17, 15) is 5.11 Å². The van der Waals surface area contributed by atoms with E-state index in [2.05, 4.69) is 36.2 Å². The summed E-state index contributed by atoms with van der Waals surface area (Å²) in [5.74, 6) is 0. The first kappa shape index (κ1) is 17.9. The number of halogens is 1. The summed E-state index contributed by atoms with van der Waals surface area (Å²) in [4.78, 5) is 2.41. The Morgan fingerprint density at radius 1 is 1.38 bits per heavy atom. The second-order valence-corrected chi connectivity index (χ2v) is 6.07. The minimum atomic E-state index is -0.245. The average molecular weight is 310 g/mol. The van der Waals surface area contributed by atoms with Gasteiger partial charge in [0.05, 0.1) is 11.6 Å². The number of aliphatic hydroxyl groups is 1. The van der Waals surface area contributed by atoms with Crippen molar-refractivity contribution in [1.82, 2.24) is 10.2 Å². The maximum Gasteiger partial charge on any atom is 0.0991 e. The standard InChI is InChI=1S/C16H23N3O.ClH/c1-16(2,12-20)15(19-8-6-18-7-9-19)14-5-3-4-13(10-14)11-17;/h3-5,10,15,18,20H,6-9,12H2,1-2H3;1H/t15-;/m1./s1. The third kappa shape index (κ3) is 4.18. The van der Waals surface area contributed by atoms with Gasteiger partial charge < -0.3 is 10.4 Å². The molecular formula is C16H24ClN3O. The van der Waals surface area contributed by atoms with Gasteiger partial charge >= 0.3 is 0 Å². The van der Waals surface area contributed by atoms with Crippen molar-refractivity contribution in [3.8, 4) is 6.07 Å². The summed E-state index contributed by atoms with van der Waals surface area (Å²) >= 11 is 0. The van der Waals surface area contributed by atoms with Crippen molar-refractivity contribution in [2.75, 3.05) is 32.8 Å². The summed E-state index contributed by atoms with van der Waals surface area (Å²) in [6.07, 6.45) is 0. The first-order chi connectivity index (χ1) is 9.58. The fourth-order valence-corrected chi connectivity index (χ4v) is 2.96. The second kappa shape index (κ2) is 7.77. The van der Waals surface area contributed by atoms with E-state index in [4.69, 9.17) is 5.26 Å². The van der Waals surface area contributed by atoms with Crippen LogP contribution in [0.15, 0.2) is 24.3 Å². The van der Waals surface area contributed by atoms with E-state index in [1.165, 1.54) is 0 Å². The molecule has 0 amide bonds. The summed E-state index contributed by atoms with van der Waals surface area (Å²) in [5, 5.41) is 22.2. The molecule has 0 radical (unpaired) electrons. The zero-order chi connectivity index (χ0) is 14.6. The fraction of sp³-hybridized carbons (Fsp3) is 0.562. The number of aliphatic hydroxyl groups excluding tert-OH is 1. The van der Waals surface area contributed by atoms with Crippen LogP contribution in [-0.4, -0.2) is 42.8 Å². The van der Waals surface area contributed by atoms with Crippen LogP contribution in [0.5, 0.6) is 0 Å². The van der Waals surface area contributed by atoms with Crippen LogP contribution in [0.25, 0.3) is 0 Å². The van der Waals surface area contributed by atoms with Crippen molar-refractivity contribution in [2.45, 2.75) is 19.9 Å². The topological polar surface area (TPSA) is 59.3 Å². The highest BCUT2D eigenvalue weighted by Gasteiger charge is 2.35. The first-order valence-corrected chi connectivity index (χ1v) is 7.14. The van der Waals surface area contributed by atoms with Crippen molar-refractivity contribution in [3.63, 3.8) is 0 Å². The molecule has 0 bridgehead atoms. The lowest BCUT2D eigenvalue weighted by molar-refractivity contribution is 0.0305. The summed E-state index contributed by atoms with van der Waals surface area (Å²) in [5.41, 5.74) is 1.55. The van der Waals surface area contributed by atoms with Gasteiger partial charge in [-0.1, -0.05) is 26.0 Å². The van der Waals surface area contributed by atoms with Gasteiger partial charge in [0.25, 0.3) is 0 Å². The normalized spacial score (nSPS) is 17.6. The van der Waals surface area contributed by atoms with Gasteiger partial charge in [0.1, 0.15) is 0 Å². The van der Waals surface area contributed by atoms with Crippen molar-refractivity contribution in [2.24, 2.45) is 5.41 Å². The number of hydrogen-bond acceptors (Lipinski definition) is 4. The van der Waals surface area contributed by atoms with E-state index in [0.717, 1.165) is 31.7 Å². The molecule has 1 aromatic carbocycles. The first-order valence-electron chi connectivity index (χ1n) is 7.14. The summed E-state index contributed by atoms with van der Waals surface area (Å²) < 4.78 is 0. The molecule has 2 N–H and O–H groups in total. The molecule has 2 rings (SSSR count). The Balaban J connectivity index is 0.00000220. The van der Waals surface area contributed by atoms with E-state index in [-0.39, 0.29) is 30.5 Å². The molecule has 1 fully saturated rings. The van der Waals surface area contributed by atoms with Gasteiger partial charge in [-0.2, -0.15) is 5.26 Å². The molecule has 1 atom stereocenters. The zero-order valence-electron chi connectivity index (χ0n) is 12.7. The third-order valence-electron chi connectivity index (χ3n) is 4.00. The molecule has 116 valence electrons. The Morgan fingerprint density at radius 2 is 2.05 bits per heavy atom. The number of rotatable bonds is 4. The number of hydrogen-bond donors (Lipinski definition) is 2. The molecule has 1 heterocycles. The van der Waals surface area contributed by atoms with Crippen LogP contribution >= 0.6 is 12.4 Å². The molecule has 1 aliphatic heterocycles. The number of piperazine rings is 1. The largest absolute Gasteiger partial charge is 0.396 e. The van der Waals surface area contributed by atoms with Crippen molar-refractivity contribution in [1.29, 1.82) is 5.26 Å². The Bertz CT molecular complexity index is 493. The van der Waals surface area contributed by atoms with Crippen molar-refractivity contribution < 1.29 is 5.11 Å². The minimum absolute atomic E-state index is 0. The van der Waals surface area contributed by atoms with Crippen LogP contribution in [0.3, 0.4) is 0 Å². The van der Waals surface area contributed by atoms with Crippen LogP contribution in [0.4, 0.5) is 0 Å². The van der Waals surface area contributed by atoms with Crippen LogP contribution in [0.1, 0.15) is 31.0 Å². The van der Waals surface area contributed by atoms with Gasteiger partial charge in [-0.15, -0.1) is 12.4 Å². The van der Waals surface area contributed by atoms with E-state index in [1.807, 2.05) is 18.2 Å². The van der Waals surface area contributed by atoms with Gasteiger partial charge in [0.2, 0.25) is 0 Å². The lowest BCUT2D eigenvalue weighted by Crippen LogP contribution is -2.49. The number of nitrogens with one attached hydrogen (secondary N) is 1. The summed E-state index contributed by atoms with van der Waals surface area (Å²) in [6.45, 7) is 8.15. The quantitative estimate of drug-likeness (QED) is 0.892. The van der Waals surface area contributed by atoms with E-state index in [0.29, 0.717) is 5.56 Å². The summed E-state index contributed by atoms with van der Waals surface area (Å²) in [6, 6.07) is 10.1. The molecule has 0 saturated carbocycles. The molecule has 0 unspecified atom stereocenters. The smallest absolute Gasteiger partial charge is 0.0991 e. The number of nitriles is 1. The molecule has 5 heteroatoms. The average Bonchev–Trinajstić information content (AvgIpc) is 2.48. The van der Waals surface area contributed by atoms with Gasteiger partial charge in [-0.05, 0) is 17.7 Å². The van der Waals surface area contributed by atoms with Crippen LogP contribution < -0.4 is 5.32 Å². The van der Waals surface area contributed by atoms with Crippen LogP contribution in [0, 0.1) is 16.7 Å². The van der Waals surface area contributed by atoms with Gasteiger partial charge in [0, 0.05) is 44.2 Å². The number of benzene rings is 1. The second-order valence-electron chi connectivity index (χ2n) is 6.07. The molecule has 1 aliphatic rings. The fourth-order valence-electron chi connectivity index (χ4n) is 2.96. The van der Waals surface area contributed by atoms with Crippen molar-refractivity contribution in [3.05, 3.63) is 35.4 Å². The molecule has 1 saturated heterocycles. The van der Waals surface area contributed by atoms with E-state index >= 15 is 0 Å².